The quantitative estimate of drug-likeness (QED) is 0.350. The molecule has 0 aliphatic carbocycles. The molecule has 0 radical (unpaired) electrons. The number of amides is 1. The number of nitrogens with one attached hydrogen (secondary N) is 1. The van der Waals surface area contributed by atoms with Crippen LogP contribution in [0.15, 0.2) is 0 Å². The Kier molecular flexibility index (Phi) is 9.70. The number of aldehydes is 1. The molecule has 64 valence electrons. The van der Waals surface area contributed by atoms with Crippen LogP contribution in [0.2, 0.25) is 0 Å². The zero-order valence-corrected chi connectivity index (χ0v) is 7.75. The number of rotatable bonds is 8. The van der Waals surface area contributed by atoms with Gasteiger partial charge in [0.25, 0.3) is 0 Å². The maximum absolute atomic E-state index is 9.86. The van der Waals surface area contributed by atoms with E-state index in [4.69, 9.17) is 0 Å². The maximum Gasteiger partial charge on any atom is 0.207 e. The van der Waals surface area contributed by atoms with Gasteiger partial charge >= 0.3 is 0 Å². The first-order chi connectivity index (χ1) is 5.41. The molecule has 3 nitrogen and oxygen atoms in total. The van der Waals surface area contributed by atoms with Crippen LogP contribution in [-0.2, 0) is 9.59 Å². The Balaban J connectivity index is 2.79. The summed E-state index contributed by atoms with van der Waals surface area (Å²) in [4.78, 5) is 19.6. The van der Waals surface area contributed by atoms with Gasteiger partial charge in [-0.25, -0.2) is 0 Å². The zero-order valence-electron chi connectivity index (χ0n) is 6.12. The van der Waals surface area contributed by atoms with Crippen molar-refractivity contribution in [1.29, 1.82) is 0 Å². The molecule has 0 heterocycles. The van der Waals surface area contributed by atoms with Crippen LogP contribution in [-0.4, -0.2) is 30.7 Å². The summed E-state index contributed by atoms with van der Waals surface area (Å²) in [5.74, 6) is 1.75. The monoisotopic (exact) mass is 193 g/mol. The molecule has 5 heteroatoms. The molecular formula is C6H11NO2S2. The Hall–Kier alpha value is -0.160. The average molecular weight is 193 g/mol. The molecule has 0 rings (SSSR count). The smallest absolute Gasteiger partial charge is 0.207 e. The van der Waals surface area contributed by atoms with Crippen LogP contribution >= 0.6 is 21.6 Å². The predicted octanol–water partition coefficient (Wildman–Crippen LogP) is 0.703. The maximum atomic E-state index is 9.86. The van der Waals surface area contributed by atoms with Crippen molar-refractivity contribution < 1.29 is 9.59 Å². The van der Waals surface area contributed by atoms with Crippen LogP contribution < -0.4 is 5.32 Å². The molecule has 1 N–H and O–H groups in total. The summed E-state index contributed by atoms with van der Waals surface area (Å²) in [5.41, 5.74) is 0. The van der Waals surface area contributed by atoms with Crippen LogP contribution in [0.5, 0.6) is 0 Å². The molecule has 0 bridgehead atoms. The first kappa shape index (κ1) is 10.8. The summed E-state index contributed by atoms with van der Waals surface area (Å²) in [6.45, 7) is 0.697. The fraction of sp³-hybridized carbons (Fsp3) is 0.667. The van der Waals surface area contributed by atoms with Crippen LogP contribution in [0.3, 0.4) is 0 Å². The van der Waals surface area contributed by atoms with Crippen molar-refractivity contribution in [2.75, 3.05) is 18.1 Å². The molecule has 0 aliphatic heterocycles. The number of carbonyl (C=O) groups is 2. The van der Waals surface area contributed by atoms with Crippen LogP contribution in [0.1, 0.15) is 6.42 Å². The Labute approximate surface area is 74.1 Å². The van der Waals surface area contributed by atoms with Crippen molar-refractivity contribution in [3.8, 4) is 0 Å². The van der Waals surface area contributed by atoms with Crippen LogP contribution in [0, 0.1) is 0 Å². The molecule has 0 aromatic rings. The van der Waals surface area contributed by atoms with E-state index in [0.29, 0.717) is 19.4 Å². The number of hydrogen-bond acceptors (Lipinski definition) is 4. The highest BCUT2D eigenvalue weighted by molar-refractivity contribution is 8.76. The molecule has 11 heavy (non-hydrogen) atoms. The first-order valence-electron chi connectivity index (χ1n) is 3.27. The van der Waals surface area contributed by atoms with Gasteiger partial charge in [-0.3, -0.25) is 4.79 Å². The van der Waals surface area contributed by atoms with Crippen LogP contribution in [0.25, 0.3) is 0 Å². The van der Waals surface area contributed by atoms with Crippen molar-refractivity contribution in [3.05, 3.63) is 0 Å². The van der Waals surface area contributed by atoms with E-state index in [1.807, 2.05) is 0 Å². The van der Waals surface area contributed by atoms with E-state index in [0.717, 1.165) is 17.8 Å². The molecule has 1 amide bonds. The third kappa shape index (κ3) is 9.84. The molecule has 0 atom stereocenters. The Morgan fingerprint density at radius 2 is 1.91 bits per heavy atom. The summed E-state index contributed by atoms with van der Waals surface area (Å²) in [6.07, 6.45) is 2.21. The topological polar surface area (TPSA) is 46.2 Å². The van der Waals surface area contributed by atoms with Crippen molar-refractivity contribution in [2.24, 2.45) is 0 Å². The second kappa shape index (κ2) is 9.84. The van der Waals surface area contributed by atoms with E-state index in [1.54, 1.807) is 21.6 Å². The van der Waals surface area contributed by atoms with Crippen molar-refractivity contribution in [1.82, 2.24) is 5.32 Å². The second-order valence-electron chi connectivity index (χ2n) is 1.67. The summed E-state index contributed by atoms with van der Waals surface area (Å²) in [6, 6.07) is 0. The average Bonchev–Trinajstić information content (AvgIpc) is 2.03. The molecular weight excluding hydrogens is 182 g/mol. The largest absolute Gasteiger partial charge is 0.358 e. The predicted molar refractivity (Wildman–Crippen MR) is 49.7 cm³/mol. The van der Waals surface area contributed by atoms with E-state index < -0.39 is 0 Å². The van der Waals surface area contributed by atoms with Crippen LogP contribution in [0.4, 0.5) is 0 Å². The van der Waals surface area contributed by atoms with Gasteiger partial charge in [0.15, 0.2) is 0 Å². The minimum Gasteiger partial charge on any atom is -0.358 e. The molecule has 0 saturated carbocycles. The van der Waals surface area contributed by atoms with Crippen molar-refractivity contribution >= 4 is 34.3 Å². The van der Waals surface area contributed by atoms with Gasteiger partial charge in [0.05, 0.1) is 0 Å². The van der Waals surface area contributed by atoms with Gasteiger partial charge in [-0.2, -0.15) is 0 Å². The molecule has 0 aromatic heterocycles. The van der Waals surface area contributed by atoms with Gasteiger partial charge in [0, 0.05) is 24.5 Å². The lowest BCUT2D eigenvalue weighted by Crippen LogP contribution is -2.13. The summed E-state index contributed by atoms with van der Waals surface area (Å²) in [5, 5.41) is 2.55. The van der Waals surface area contributed by atoms with Gasteiger partial charge in [-0.05, 0) is 0 Å². The lowest BCUT2D eigenvalue weighted by atomic mass is 10.6. The fourth-order valence-electron chi connectivity index (χ4n) is 0.374. The SMILES string of the molecule is O=CCCSSCCNC=O. The Bertz CT molecular complexity index is 98.8. The molecule has 0 saturated heterocycles. The standard InChI is InChI=1S/C6H11NO2S2/c8-3-1-4-10-11-5-2-7-6-9/h3,6H,1-2,4-5H2,(H,7,9). The molecule has 0 aromatic carbocycles. The van der Waals surface area contributed by atoms with E-state index in [2.05, 4.69) is 5.32 Å². The molecule has 0 fully saturated rings. The second-order valence-corrected chi connectivity index (χ2v) is 4.37. The van der Waals surface area contributed by atoms with Crippen molar-refractivity contribution in [3.63, 3.8) is 0 Å². The van der Waals surface area contributed by atoms with Gasteiger partial charge in [0.2, 0.25) is 6.41 Å². The highest BCUT2D eigenvalue weighted by atomic mass is 33.1. The Morgan fingerprint density at radius 3 is 2.55 bits per heavy atom. The highest BCUT2D eigenvalue weighted by Gasteiger charge is 1.88. The number of carbonyl (C=O) groups excluding carboxylic acids is 2. The van der Waals surface area contributed by atoms with E-state index in [-0.39, 0.29) is 0 Å². The summed E-state index contributed by atoms with van der Waals surface area (Å²) in [7, 11) is 3.33. The summed E-state index contributed by atoms with van der Waals surface area (Å²) >= 11 is 0. The van der Waals surface area contributed by atoms with Gasteiger partial charge in [-0.1, -0.05) is 21.6 Å². The lowest BCUT2D eigenvalue weighted by Gasteiger charge is -1.97. The molecule has 0 spiro atoms. The highest BCUT2D eigenvalue weighted by Crippen LogP contribution is 2.20. The lowest BCUT2D eigenvalue weighted by molar-refractivity contribution is -0.109. The van der Waals surface area contributed by atoms with Crippen molar-refractivity contribution in [2.45, 2.75) is 6.42 Å². The number of hydrogen-bond donors (Lipinski definition) is 1. The van der Waals surface area contributed by atoms with E-state index >= 15 is 0 Å². The minimum atomic E-state index is 0.610. The van der Waals surface area contributed by atoms with E-state index in [9.17, 15) is 9.59 Å². The third-order valence-electron chi connectivity index (χ3n) is 0.815. The normalized spacial score (nSPS) is 9.09. The van der Waals surface area contributed by atoms with Gasteiger partial charge in [-0.15, -0.1) is 0 Å². The minimum absolute atomic E-state index is 0.610. The zero-order chi connectivity index (χ0) is 8.36. The van der Waals surface area contributed by atoms with Gasteiger partial charge in [0.1, 0.15) is 6.29 Å². The summed E-state index contributed by atoms with van der Waals surface area (Å²) < 4.78 is 0. The van der Waals surface area contributed by atoms with E-state index in [1.165, 1.54) is 0 Å². The Morgan fingerprint density at radius 1 is 1.18 bits per heavy atom. The third-order valence-corrected chi connectivity index (χ3v) is 3.26. The molecule has 0 unspecified atom stereocenters. The molecule has 0 aliphatic rings. The fourth-order valence-corrected chi connectivity index (χ4v) is 2.25. The van der Waals surface area contributed by atoms with Gasteiger partial charge < -0.3 is 10.1 Å². The first-order valence-corrected chi connectivity index (χ1v) is 5.75.